The van der Waals surface area contributed by atoms with E-state index in [2.05, 4.69) is 16.2 Å². The molecule has 0 aliphatic rings. The molecule has 2 aromatic rings. The first-order valence-corrected chi connectivity index (χ1v) is 8.70. The summed E-state index contributed by atoms with van der Waals surface area (Å²) in [5.74, 6) is -2.11. The number of hydrogen-bond donors (Lipinski definition) is 3. The van der Waals surface area contributed by atoms with E-state index in [4.69, 9.17) is 21.1 Å². The maximum absolute atomic E-state index is 11.9. The molecule has 29 heavy (non-hydrogen) atoms. The number of carbonyl (C=O) groups is 4. The number of ether oxygens (including phenoxy) is 2. The highest BCUT2D eigenvalue weighted by Crippen LogP contribution is 2.14. The van der Waals surface area contributed by atoms with Crippen LogP contribution >= 0.6 is 11.6 Å². The van der Waals surface area contributed by atoms with Gasteiger partial charge in [-0.25, -0.2) is 0 Å². The molecule has 0 saturated carbocycles. The van der Waals surface area contributed by atoms with Crippen molar-refractivity contribution in [2.45, 2.75) is 0 Å². The van der Waals surface area contributed by atoms with Crippen molar-refractivity contribution in [1.82, 2.24) is 16.2 Å². The third kappa shape index (κ3) is 6.82. The predicted molar refractivity (Wildman–Crippen MR) is 103 cm³/mol. The van der Waals surface area contributed by atoms with Gasteiger partial charge in [0.1, 0.15) is 12.3 Å². The fourth-order valence-electron chi connectivity index (χ4n) is 2.07. The second-order valence-electron chi connectivity index (χ2n) is 5.55. The summed E-state index contributed by atoms with van der Waals surface area (Å²) in [5.41, 5.74) is 4.80. The molecule has 2 rings (SSSR count). The van der Waals surface area contributed by atoms with Crippen LogP contribution in [0.1, 0.15) is 20.7 Å². The number of hydrogen-bond acceptors (Lipinski definition) is 6. The van der Waals surface area contributed by atoms with Crippen molar-refractivity contribution in [3.8, 4) is 5.75 Å². The van der Waals surface area contributed by atoms with E-state index < -0.39 is 36.8 Å². The van der Waals surface area contributed by atoms with E-state index in [0.717, 1.165) is 0 Å². The molecule has 0 aliphatic heterocycles. The molecule has 0 heterocycles. The molecule has 0 bridgehead atoms. The second kappa shape index (κ2) is 10.7. The molecule has 2 aromatic carbocycles. The van der Waals surface area contributed by atoms with Gasteiger partial charge in [0.05, 0.1) is 17.7 Å². The molecule has 0 saturated heterocycles. The number of benzene rings is 2. The minimum absolute atomic E-state index is 0.209. The van der Waals surface area contributed by atoms with Crippen LogP contribution in [0.2, 0.25) is 5.02 Å². The van der Waals surface area contributed by atoms with Gasteiger partial charge in [0, 0.05) is 5.56 Å². The van der Waals surface area contributed by atoms with Crippen LogP contribution in [0, 0.1) is 0 Å². The molecule has 0 spiro atoms. The first-order valence-electron chi connectivity index (χ1n) is 8.32. The highest BCUT2D eigenvalue weighted by Gasteiger charge is 2.13. The van der Waals surface area contributed by atoms with Crippen molar-refractivity contribution < 1.29 is 28.7 Å². The summed E-state index contributed by atoms with van der Waals surface area (Å²) in [5, 5.41) is 2.58. The van der Waals surface area contributed by atoms with Gasteiger partial charge in [0.2, 0.25) is 0 Å². The van der Waals surface area contributed by atoms with Gasteiger partial charge in [-0.3, -0.25) is 30.0 Å². The summed E-state index contributed by atoms with van der Waals surface area (Å²) in [4.78, 5) is 47.1. The van der Waals surface area contributed by atoms with E-state index in [0.29, 0.717) is 11.3 Å². The molecule has 152 valence electrons. The maximum Gasteiger partial charge on any atom is 0.325 e. The minimum atomic E-state index is -0.831. The first kappa shape index (κ1) is 21.7. The van der Waals surface area contributed by atoms with Crippen LogP contribution in [-0.2, 0) is 14.3 Å². The Hall–Kier alpha value is -3.59. The number of hydrazine groups is 1. The Morgan fingerprint density at radius 2 is 1.62 bits per heavy atom. The first-order chi connectivity index (χ1) is 13.9. The van der Waals surface area contributed by atoms with E-state index in [1.807, 2.05) is 0 Å². The lowest BCUT2D eigenvalue weighted by molar-refractivity contribution is -0.147. The van der Waals surface area contributed by atoms with Gasteiger partial charge in [0.25, 0.3) is 17.7 Å². The monoisotopic (exact) mass is 419 g/mol. The lowest BCUT2D eigenvalue weighted by Gasteiger charge is -2.09. The Balaban J connectivity index is 1.68. The van der Waals surface area contributed by atoms with E-state index in [9.17, 15) is 19.2 Å². The summed E-state index contributed by atoms with van der Waals surface area (Å²) >= 11 is 5.89. The Kier molecular flexibility index (Phi) is 7.99. The zero-order chi connectivity index (χ0) is 21.2. The zero-order valence-electron chi connectivity index (χ0n) is 15.4. The normalized spacial score (nSPS) is 9.86. The second-order valence-corrected chi connectivity index (χ2v) is 5.96. The van der Waals surface area contributed by atoms with Crippen molar-refractivity contribution in [3.63, 3.8) is 0 Å². The van der Waals surface area contributed by atoms with Crippen LogP contribution in [0.4, 0.5) is 0 Å². The van der Waals surface area contributed by atoms with Crippen LogP contribution in [0.3, 0.4) is 0 Å². The van der Waals surface area contributed by atoms with Crippen molar-refractivity contribution in [2.75, 3.05) is 20.3 Å². The largest absolute Gasteiger partial charge is 0.497 e. The molecule has 0 unspecified atom stereocenters. The van der Waals surface area contributed by atoms with Gasteiger partial charge in [-0.1, -0.05) is 23.7 Å². The summed E-state index contributed by atoms with van der Waals surface area (Å²) in [6.07, 6.45) is 0. The molecule has 0 aliphatic carbocycles. The Bertz CT molecular complexity index is 901. The molecule has 10 heteroatoms. The van der Waals surface area contributed by atoms with Gasteiger partial charge < -0.3 is 14.8 Å². The SMILES string of the molecule is COc1ccc(C(=O)NNC(=O)COC(=O)CNC(=O)c2ccccc2Cl)cc1. The van der Waals surface area contributed by atoms with E-state index in [-0.39, 0.29) is 10.6 Å². The average molecular weight is 420 g/mol. The van der Waals surface area contributed by atoms with Gasteiger partial charge in [0.15, 0.2) is 6.61 Å². The quantitative estimate of drug-likeness (QED) is 0.456. The number of nitrogens with one attached hydrogen (secondary N) is 3. The topological polar surface area (TPSA) is 123 Å². The number of carbonyl (C=O) groups excluding carboxylic acids is 4. The molecule has 3 N–H and O–H groups in total. The third-order valence-corrected chi connectivity index (χ3v) is 3.87. The van der Waals surface area contributed by atoms with Crippen LogP contribution in [0.5, 0.6) is 5.75 Å². The maximum atomic E-state index is 11.9. The minimum Gasteiger partial charge on any atom is -0.497 e. The zero-order valence-corrected chi connectivity index (χ0v) is 16.1. The molecule has 9 nitrogen and oxygen atoms in total. The summed E-state index contributed by atoms with van der Waals surface area (Å²) in [6.45, 7) is -1.08. The van der Waals surface area contributed by atoms with Crippen molar-refractivity contribution in [1.29, 1.82) is 0 Å². The van der Waals surface area contributed by atoms with Crippen LogP contribution in [-0.4, -0.2) is 44.0 Å². The van der Waals surface area contributed by atoms with Crippen LogP contribution in [0.15, 0.2) is 48.5 Å². The molecular weight excluding hydrogens is 402 g/mol. The number of rotatable bonds is 7. The molecule has 0 fully saturated rings. The fourth-order valence-corrected chi connectivity index (χ4v) is 2.29. The Morgan fingerprint density at radius 1 is 0.931 bits per heavy atom. The standard InChI is InChI=1S/C19H18ClN3O6/c1-28-13-8-6-12(7-9-13)18(26)23-22-16(24)11-29-17(25)10-21-19(27)14-4-2-3-5-15(14)20/h2-9H,10-11H2,1H3,(H,21,27)(H,22,24)(H,23,26). The number of methoxy groups -OCH3 is 1. The lowest BCUT2D eigenvalue weighted by atomic mass is 10.2. The van der Waals surface area contributed by atoms with Crippen molar-refractivity contribution in [2.24, 2.45) is 0 Å². The van der Waals surface area contributed by atoms with Crippen molar-refractivity contribution >= 4 is 35.3 Å². The highest BCUT2D eigenvalue weighted by atomic mass is 35.5. The van der Waals surface area contributed by atoms with Gasteiger partial charge in [-0.05, 0) is 36.4 Å². The third-order valence-electron chi connectivity index (χ3n) is 3.54. The lowest BCUT2D eigenvalue weighted by Crippen LogP contribution is -2.44. The highest BCUT2D eigenvalue weighted by molar-refractivity contribution is 6.33. The number of esters is 1. The van der Waals surface area contributed by atoms with E-state index in [1.165, 1.54) is 25.3 Å². The Morgan fingerprint density at radius 3 is 2.28 bits per heavy atom. The summed E-state index contributed by atoms with van der Waals surface area (Å²) in [7, 11) is 1.50. The number of halogens is 1. The smallest absolute Gasteiger partial charge is 0.325 e. The molecule has 0 radical (unpaired) electrons. The van der Waals surface area contributed by atoms with Crippen molar-refractivity contribution in [3.05, 3.63) is 64.7 Å². The predicted octanol–water partition coefficient (Wildman–Crippen LogP) is 1.08. The van der Waals surface area contributed by atoms with Gasteiger partial charge >= 0.3 is 5.97 Å². The van der Waals surface area contributed by atoms with E-state index in [1.54, 1.807) is 30.3 Å². The van der Waals surface area contributed by atoms with Crippen LogP contribution in [0.25, 0.3) is 0 Å². The summed E-state index contributed by atoms with van der Waals surface area (Å²) < 4.78 is 9.71. The van der Waals surface area contributed by atoms with Gasteiger partial charge in [-0.15, -0.1) is 0 Å². The fraction of sp³-hybridized carbons (Fsp3) is 0.158. The molecule has 3 amide bonds. The molecule has 0 aromatic heterocycles. The number of amides is 3. The summed E-state index contributed by atoms with van der Waals surface area (Å²) in [6, 6.07) is 12.6. The van der Waals surface area contributed by atoms with Crippen LogP contribution < -0.4 is 20.9 Å². The van der Waals surface area contributed by atoms with Gasteiger partial charge in [-0.2, -0.15) is 0 Å². The molecule has 0 atom stereocenters. The Labute approximate surface area is 171 Å². The molecular formula is C19H18ClN3O6. The average Bonchev–Trinajstić information content (AvgIpc) is 2.74. The van der Waals surface area contributed by atoms with E-state index >= 15 is 0 Å².